The molecule has 9 heteroatoms. The van der Waals surface area contributed by atoms with Gasteiger partial charge < -0.3 is 19.7 Å². The number of hydrogen-bond acceptors (Lipinski definition) is 6. The Labute approximate surface area is 193 Å². The number of benzene rings is 1. The molecule has 8 nitrogen and oxygen atoms in total. The Hall–Kier alpha value is -2.68. The third-order valence-corrected chi connectivity index (χ3v) is 6.05. The van der Waals surface area contributed by atoms with Crippen LogP contribution in [0.2, 0.25) is 0 Å². The molecule has 4 heterocycles. The average Bonchev–Trinajstić information content (AvgIpc) is 3.47. The lowest BCUT2D eigenvalue weighted by Gasteiger charge is -2.27. The van der Waals surface area contributed by atoms with E-state index in [0.717, 1.165) is 55.4 Å². The second kappa shape index (κ2) is 9.85. The average molecular weight is 459 g/mol. The number of ether oxygens (including phenoxy) is 2. The van der Waals surface area contributed by atoms with Crippen LogP contribution in [0.1, 0.15) is 11.1 Å². The summed E-state index contributed by atoms with van der Waals surface area (Å²) in [5.41, 5.74) is 4.23. The molecule has 2 fully saturated rings. The third kappa shape index (κ3) is 4.87. The largest absolute Gasteiger partial charge is 0.448 e. The SMILES string of the molecule is Cl.O=C1Nc2ccc(CCN3CCOC3=O)cc2C1=CC1=CC(CN2CCOCC2)C=N1. The number of carbonyl (C=O) groups is 2. The van der Waals surface area contributed by atoms with E-state index in [1.807, 2.05) is 30.5 Å². The van der Waals surface area contributed by atoms with Gasteiger partial charge in [0.1, 0.15) is 6.61 Å². The zero-order valence-corrected chi connectivity index (χ0v) is 18.6. The molecule has 4 aliphatic rings. The highest BCUT2D eigenvalue weighted by Gasteiger charge is 2.26. The van der Waals surface area contributed by atoms with Crippen LogP contribution in [0.5, 0.6) is 0 Å². The monoisotopic (exact) mass is 458 g/mol. The first-order valence-electron chi connectivity index (χ1n) is 10.8. The number of rotatable bonds is 6. The normalized spacial score (nSPS) is 23.8. The van der Waals surface area contributed by atoms with Crippen LogP contribution in [0.4, 0.5) is 10.5 Å². The summed E-state index contributed by atoms with van der Waals surface area (Å²) in [7, 11) is 0. The van der Waals surface area contributed by atoms with Crippen molar-refractivity contribution in [1.29, 1.82) is 0 Å². The molecule has 0 aromatic heterocycles. The van der Waals surface area contributed by atoms with Gasteiger partial charge in [-0.25, -0.2) is 4.79 Å². The Bertz CT molecular complexity index is 984. The van der Waals surface area contributed by atoms with E-state index < -0.39 is 0 Å². The number of fused-ring (bicyclic) bond motifs is 1. The lowest BCUT2D eigenvalue weighted by Crippen LogP contribution is -2.39. The van der Waals surface area contributed by atoms with Crippen LogP contribution >= 0.6 is 12.4 Å². The molecule has 0 spiro atoms. The van der Waals surface area contributed by atoms with E-state index in [1.165, 1.54) is 0 Å². The van der Waals surface area contributed by atoms with Crippen LogP contribution in [-0.2, 0) is 20.7 Å². The van der Waals surface area contributed by atoms with Gasteiger partial charge in [0.2, 0.25) is 0 Å². The summed E-state index contributed by atoms with van der Waals surface area (Å²) in [4.78, 5) is 32.8. The minimum atomic E-state index is -0.253. The second-order valence-corrected chi connectivity index (χ2v) is 8.19. The first-order chi connectivity index (χ1) is 15.2. The first kappa shape index (κ1) is 22.5. The maximum atomic E-state index is 12.6. The predicted octanol–water partition coefficient (Wildman–Crippen LogP) is 2.36. The van der Waals surface area contributed by atoms with Crippen molar-refractivity contribution in [3.63, 3.8) is 0 Å². The van der Waals surface area contributed by atoms with E-state index >= 15 is 0 Å². The number of amides is 2. The van der Waals surface area contributed by atoms with Gasteiger partial charge >= 0.3 is 6.09 Å². The summed E-state index contributed by atoms with van der Waals surface area (Å²) in [5.74, 6) is 0.142. The van der Waals surface area contributed by atoms with Crippen molar-refractivity contribution >= 4 is 41.9 Å². The number of morpholine rings is 1. The van der Waals surface area contributed by atoms with E-state index in [-0.39, 0.29) is 30.3 Å². The van der Waals surface area contributed by atoms with E-state index in [4.69, 9.17) is 9.47 Å². The molecule has 5 rings (SSSR count). The van der Waals surface area contributed by atoms with E-state index in [9.17, 15) is 9.59 Å². The van der Waals surface area contributed by atoms with Crippen molar-refractivity contribution in [2.75, 3.05) is 57.9 Å². The topological polar surface area (TPSA) is 83.5 Å². The zero-order valence-electron chi connectivity index (χ0n) is 17.8. The van der Waals surface area contributed by atoms with Gasteiger partial charge in [0, 0.05) is 49.6 Å². The maximum Gasteiger partial charge on any atom is 0.409 e. The van der Waals surface area contributed by atoms with Gasteiger partial charge in [-0.3, -0.25) is 14.7 Å². The Balaban J connectivity index is 0.00000245. The Morgan fingerprint density at radius 3 is 2.78 bits per heavy atom. The number of aliphatic imine (C=N–C) groups is 1. The number of allylic oxidation sites excluding steroid dienone is 1. The van der Waals surface area contributed by atoms with Crippen LogP contribution < -0.4 is 5.32 Å². The van der Waals surface area contributed by atoms with Crippen molar-refractivity contribution in [2.45, 2.75) is 6.42 Å². The fourth-order valence-corrected chi connectivity index (χ4v) is 4.33. The standard InChI is InChI=1S/C23H26N4O4.ClH/c28-22-20(13-18-11-17(14-24-18)15-26-5-8-30-9-6-26)19-12-16(1-2-21(19)25-22)3-4-27-7-10-31-23(27)29;/h1-2,11-14,17H,3-10,15H2,(H,25,28);1H. The summed E-state index contributed by atoms with van der Waals surface area (Å²) in [6, 6.07) is 5.96. The van der Waals surface area contributed by atoms with E-state index in [1.54, 1.807) is 4.90 Å². The molecule has 1 atom stereocenters. The van der Waals surface area contributed by atoms with Crippen LogP contribution in [0.15, 0.2) is 41.0 Å². The molecule has 0 bridgehead atoms. The molecule has 1 aromatic rings. The molecule has 2 amide bonds. The van der Waals surface area contributed by atoms with Crippen LogP contribution in [0, 0.1) is 5.92 Å². The highest BCUT2D eigenvalue weighted by molar-refractivity contribution is 6.32. The van der Waals surface area contributed by atoms with E-state index in [0.29, 0.717) is 31.7 Å². The summed E-state index contributed by atoms with van der Waals surface area (Å²) >= 11 is 0. The molecule has 4 aliphatic heterocycles. The molecule has 1 aromatic carbocycles. The van der Waals surface area contributed by atoms with Gasteiger partial charge in [-0.05, 0) is 36.3 Å². The van der Waals surface area contributed by atoms with Gasteiger partial charge in [0.25, 0.3) is 5.91 Å². The summed E-state index contributed by atoms with van der Waals surface area (Å²) in [6.45, 7) is 6.07. The molecule has 32 heavy (non-hydrogen) atoms. The first-order valence-corrected chi connectivity index (χ1v) is 10.8. The molecule has 0 saturated carbocycles. The van der Waals surface area contributed by atoms with Gasteiger partial charge in [0.05, 0.1) is 31.0 Å². The zero-order chi connectivity index (χ0) is 21.2. The minimum Gasteiger partial charge on any atom is -0.448 e. The van der Waals surface area contributed by atoms with Crippen LogP contribution in [0.25, 0.3) is 5.57 Å². The van der Waals surface area contributed by atoms with E-state index in [2.05, 4.69) is 21.3 Å². The number of hydrogen-bond donors (Lipinski definition) is 1. The van der Waals surface area contributed by atoms with Crippen LogP contribution in [0.3, 0.4) is 0 Å². The number of carbonyl (C=O) groups excluding carboxylic acids is 2. The fourth-order valence-electron chi connectivity index (χ4n) is 4.33. The Morgan fingerprint density at radius 1 is 1.16 bits per heavy atom. The Morgan fingerprint density at radius 2 is 2.00 bits per heavy atom. The van der Waals surface area contributed by atoms with Crippen molar-refractivity contribution in [3.8, 4) is 0 Å². The molecule has 170 valence electrons. The highest BCUT2D eigenvalue weighted by Crippen LogP contribution is 2.34. The fraction of sp³-hybridized carbons (Fsp3) is 0.435. The highest BCUT2D eigenvalue weighted by atomic mass is 35.5. The van der Waals surface area contributed by atoms with Crippen molar-refractivity contribution < 1.29 is 19.1 Å². The number of cyclic esters (lactones) is 1. The molecule has 1 N–H and O–H groups in total. The molecular formula is C23H27ClN4O4. The number of nitrogens with zero attached hydrogens (tertiary/aromatic N) is 3. The lowest BCUT2D eigenvalue weighted by atomic mass is 10.0. The second-order valence-electron chi connectivity index (χ2n) is 8.19. The predicted molar refractivity (Wildman–Crippen MR) is 124 cm³/mol. The number of anilines is 1. The molecule has 0 radical (unpaired) electrons. The van der Waals surface area contributed by atoms with Crippen molar-refractivity contribution in [2.24, 2.45) is 10.9 Å². The lowest BCUT2D eigenvalue weighted by molar-refractivity contribution is -0.110. The van der Waals surface area contributed by atoms with Gasteiger partial charge in [-0.2, -0.15) is 0 Å². The Kier molecular flexibility index (Phi) is 6.93. The van der Waals surface area contributed by atoms with Gasteiger partial charge in [0.15, 0.2) is 0 Å². The number of nitrogens with one attached hydrogen (secondary N) is 1. The van der Waals surface area contributed by atoms with Crippen LogP contribution in [-0.4, -0.2) is 80.6 Å². The van der Waals surface area contributed by atoms with Crippen molar-refractivity contribution in [1.82, 2.24) is 9.80 Å². The summed E-state index contributed by atoms with van der Waals surface area (Å²) in [6.07, 6.45) is 6.42. The van der Waals surface area contributed by atoms with Gasteiger partial charge in [-0.1, -0.05) is 6.07 Å². The van der Waals surface area contributed by atoms with Crippen molar-refractivity contribution in [3.05, 3.63) is 47.2 Å². The number of halogens is 1. The minimum absolute atomic E-state index is 0. The summed E-state index contributed by atoms with van der Waals surface area (Å²) in [5, 5.41) is 2.94. The molecule has 2 saturated heterocycles. The molecular weight excluding hydrogens is 432 g/mol. The quantitative estimate of drug-likeness (QED) is 0.661. The van der Waals surface area contributed by atoms with Gasteiger partial charge in [-0.15, -0.1) is 12.4 Å². The smallest absolute Gasteiger partial charge is 0.409 e. The molecule has 1 unspecified atom stereocenters. The summed E-state index contributed by atoms with van der Waals surface area (Å²) < 4.78 is 10.4. The molecule has 0 aliphatic carbocycles. The maximum absolute atomic E-state index is 12.6. The third-order valence-electron chi connectivity index (χ3n) is 6.05.